The highest BCUT2D eigenvalue weighted by Crippen LogP contribution is 2.25. The molecule has 3 aromatic heterocycles. The third kappa shape index (κ3) is 3.81. The number of nitro groups is 1. The van der Waals surface area contributed by atoms with E-state index in [9.17, 15) is 19.7 Å². The van der Waals surface area contributed by atoms with Crippen molar-refractivity contribution in [1.29, 1.82) is 0 Å². The molecule has 4 rings (SSSR count). The summed E-state index contributed by atoms with van der Waals surface area (Å²) in [5, 5.41) is 10.7. The van der Waals surface area contributed by atoms with Crippen molar-refractivity contribution in [1.82, 2.24) is 9.38 Å². The van der Waals surface area contributed by atoms with Gasteiger partial charge in [0.05, 0.1) is 10.6 Å². The molecule has 0 aliphatic carbocycles. The number of benzene rings is 1. The molecule has 0 atom stereocenters. The Morgan fingerprint density at radius 2 is 1.93 bits per heavy atom. The van der Waals surface area contributed by atoms with Gasteiger partial charge in [0.15, 0.2) is 0 Å². The molecule has 0 fully saturated rings. The number of ether oxygens (including phenoxy) is 1. The molecule has 0 radical (unpaired) electrons. The Kier molecular flexibility index (Phi) is 4.85. The van der Waals surface area contributed by atoms with Crippen LogP contribution < -0.4 is 5.56 Å². The number of nitrogens with zero attached hydrogens (tertiary/aromatic N) is 3. The van der Waals surface area contributed by atoms with E-state index in [2.05, 4.69) is 4.98 Å². The van der Waals surface area contributed by atoms with Crippen molar-refractivity contribution in [2.75, 3.05) is 0 Å². The number of fused-ring (bicyclic) bond motifs is 1. The van der Waals surface area contributed by atoms with Gasteiger partial charge in [0.25, 0.3) is 11.2 Å². The first kappa shape index (κ1) is 19.1. The predicted octanol–water partition coefficient (Wildman–Crippen LogP) is 3.53. The van der Waals surface area contributed by atoms with Crippen LogP contribution in [0.1, 0.15) is 21.8 Å². The van der Waals surface area contributed by atoms with E-state index in [1.54, 1.807) is 18.3 Å². The minimum absolute atomic E-state index is 0.0310. The van der Waals surface area contributed by atoms with Crippen LogP contribution in [0.3, 0.4) is 0 Å². The smallest absolute Gasteiger partial charge is 0.374 e. The van der Waals surface area contributed by atoms with Crippen LogP contribution in [-0.2, 0) is 11.3 Å². The number of carbonyl (C=O) groups excluding carboxylic acids is 1. The van der Waals surface area contributed by atoms with Crippen LogP contribution in [-0.4, -0.2) is 20.3 Å². The molecular formula is C21H15N3O6. The predicted molar refractivity (Wildman–Crippen MR) is 106 cm³/mol. The summed E-state index contributed by atoms with van der Waals surface area (Å²) in [6.45, 7) is 1.68. The fourth-order valence-corrected chi connectivity index (χ4v) is 2.89. The van der Waals surface area contributed by atoms with Gasteiger partial charge in [0.1, 0.15) is 18.0 Å². The van der Waals surface area contributed by atoms with Crippen molar-refractivity contribution in [2.45, 2.75) is 13.5 Å². The summed E-state index contributed by atoms with van der Waals surface area (Å²) in [5.41, 5.74) is 1.97. The number of esters is 1. The third-order valence-electron chi connectivity index (χ3n) is 4.38. The van der Waals surface area contributed by atoms with Gasteiger partial charge in [-0.2, -0.15) is 0 Å². The molecule has 0 unspecified atom stereocenters. The second-order valence-corrected chi connectivity index (χ2v) is 6.56. The first-order valence-electron chi connectivity index (χ1n) is 8.91. The Labute approximate surface area is 169 Å². The minimum atomic E-state index is -0.714. The van der Waals surface area contributed by atoms with Gasteiger partial charge in [0.2, 0.25) is 5.76 Å². The average Bonchev–Trinajstić information content (AvgIpc) is 3.23. The number of hydrogen-bond donors (Lipinski definition) is 0. The number of non-ortho nitro benzene ring substituents is 1. The lowest BCUT2D eigenvalue weighted by molar-refractivity contribution is -0.384. The maximum absolute atomic E-state index is 12.3. The lowest BCUT2D eigenvalue weighted by atomic mass is 10.1. The molecule has 0 bridgehead atoms. The molecule has 1 aromatic carbocycles. The maximum atomic E-state index is 12.3. The zero-order valence-electron chi connectivity index (χ0n) is 15.8. The van der Waals surface area contributed by atoms with E-state index in [0.717, 1.165) is 5.56 Å². The summed E-state index contributed by atoms with van der Waals surface area (Å²) in [5.74, 6) is -0.375. The number of rotatable bonds is 5. The molecule has 0 saturated heterocycles. The van der Waals surface area contributed by atoms with E-state index in [-0.39, 0.29) is 23.6 Å². The van der Waals surface area contributed by atoms with Crippen LogP contribution in [0, 0.1) is 17.0 Å². The minimum Gasteiger partial charge on any atom is -0.453 e. The molecule has 4 aromatic rings. The van der Waals surface area contributed by atoms with Crippen molar-refractivity contribution in [2.24, 2.45) is 0 Å². The summed E-state index contributed by atoms with van der Waals surface area (Å²) in [4.78, 5) is 39.1. The third-order valence-corrected chi connectivity index (χ3v) is 4.38. The molecule has 30 heavy (non-hydrogen) atoms. The Bertz CT molecular complexity index is 1320. The summed E-state index contributed by atoms with van der Waals surface area (Å²) < 4.78 is 12.1. The lowest BCUT2D eigenvalue weighted by Gasteiger charge is -2.05. The number of aromatic nitrogens is 2. The van der Waals surface area contributed by atoms with Crippen LogP contribution in [0.25, 0.3) is 17.0 Å². The van der Waals surface area contributed by atoms with Crippen LogP contribution in [0.2, 0.25) is 0 Å². The molecule has 0 spiro atoms. The Hall–Kier alpha value is -4.27. The van der Waals surface area contributed by atoms with E-state index in [1.165, 1.54) is 40.8 Å². The standard InChI is InChI=1S/C21H15N3O6/c1-13-2-9-19-22-15(10-20(25)23(19)11-13)12-29-21(26)18-8-7-17(30-18)14-3-5-16(6-4-14)24(27)28/h2-11H,12H2,1H3. The highest BCUT2D eigenvalue weighted by atomic mass is 16.6. The zero-order chi connectivity index (χ0) is 21.3. The van der Waals surface area contributed by atoms with Gasteiger partial charge in [-0.05, 0) is 42.8 Å². The number of nitro benzene ring substituents is 1. The van der Waals surface area contributed by atoms with Gasteiger partial charge in [-0.25, -0.2) is 9.78 Å². The highest BCUT2D eigenvalue weighted by Gasteiger charge is 2.15. The lowest BCUT2D eigenvalue weighted by Crippen LogP contribution is -2.16. The van der Waals surface area contributed by atoms with E-state index in [1.807, 2.05) is 13.0 Å². The average molecular weight is 405 g/mol. The van der Waals surface area contributed by atoms with E-state index in [0.29, 0.717) is 22.7 Å². The maximum Gasteiger partial charge on any atom is 0.374 e. The number of aryl methyl sites for hydroxylation is 1. The summed E-state index contributed by atoms with van der Waals surface area (Å²) in [6, 6.07) is 13.6. The molecule has 9 nitrogen and oxygen atoms in total. The van der Waals surface area contributed by atoms with E-state index < -0.39 is 10.9 Å². The molecule has 3 heterocycles. The van der Waals surface area contributed by atoms with Gasteiger partial charge in [-0.15, -0.1) is 0 Å². The molecule has 9 heteroatoms. The highest BCUT2D eigenvalue weighted by molar-refractivity contribution is 5.87. The summed E-state index contributed by atoms with van der Waals surface area (Å²) >= 11 is 0. The fraction of sp³-hybridized carbons (Fsp3) is 0.0952. The van der Waals surface area contributed by atoms with Crippen LogP contribution in [0.5, 0.6) is 0 Å². The van der Waals surface area contributed by atoms with Crippen LogP contribution >= 0.6 is 0 Å². The van der Waals surface area contributed by atoms with Gasteiger partial charge < -0.3 is 9.15 Å². The molecule has 0 saturated carbocycles. The number of pyridine rings is 1. The zero-order valence-corrected chi connectivity index (χ0v) is 15.8. The normalized spacial score (nSPS) is 10.8. The first-order valence-corrected chi connectivity index (χ1v) is 8.91. The molecule has 0 amide bonds. The molecule has 0 aliphatic rings. The number of carbonyl (C=O) groups is 1. The van der Waals surface area contributed by atoms with Crippen molar-refractivity contribution in [3.63, 3.8) is 0 Å². The van der Waals surface area contributed by atoms with Crippen molar-refractivity contribution < 1.29 is 18.9 Å². The SMILES string of the molecule is Cc1ccc2nc(COC(=O)c3ccc(-c4ccc([N+](=O)[O-])cc4)o3)cc(=O)n2c1. The Morgan fingerprint density at radius 3 is 2.67 bits per heavy atom. The molecular weight excluding hydrogens is 390 g/mol. The number of furan rings is 1. The molecule has 150 valence electrons. The van der Waals surface area contributed by atoms with Gasteiger partial charge in [0, 0.05) is 30.0 Å². The van der Waals surface area contributed by atoms with E-state index in [4.69, 9.17) is 9.15 Å². The Balaban J connectivity index is 1.47. The Morgan fingerprint density at radius 1 is 1.17 bits per heavy atom. The second-order valence-electron chi connectivity index (χ2n) is 6.56. The van der Waals surface area contributed by atoms with Crippen LogP contribution in [0.4, 0.5) is 5.69 Å². The summed E-state index contributed by atoms with van der Waals surface area (Å²) in [7, 11) is 0. The molecule has 0 aliphatic heterocycles. The van der Waals surface area contributed by atoms with Gasteiger partial charge >= 0.3 is 5.97 Å². The monoisotopic (exact) mass is 405 g/mol. The van der Waals surface area contributed by atoms with E-state index >= 15 is 0 Å². The van der Waals surface area contributed by atoms with Gasteiger partial charge in [-0.1, -0.05) is 6.07 Å². The largest absolute Gasteiger partial charge is 0.453 e. The van der Waals surface area contributed by atoms with Crippen molar-refractivity contribution in [3.05, 3.63) is 98.3 Å². The quantitative estimate of drug-likeness (QED) is 0.283. The fourth-order valence-electron chi connectivity index (χ4n) is 2.89. The second kappa shape index (κ2) is 7.63. The van der Waals surface area contributed by atoms with Gasteiger partial charge in [-0.3, -0.25) is 19.3 Å². The van der Waals surface area contributed by atoms with Crippen molar-refractivity contribution >= 4 is 17.3 Å². The first-order chi connectivity index (χ1) is 14.4. The van der Waals surface area contributed by atoms with Crippen molar-refractivity contribution in [3.8, 4) is 11.3 Å². The number of hydrogen-bond acceptors (Lipinski definition) is 7. The van der Waals surface area contributed by atoms with Crippen LogP contribution in [0.15, 0.2) is 70.0 Å². The summed E-state index contributed by atoms with van der Waals surface area (Å²) in [6.07, 6.45) is 1.68. The molecule has 0 N–H and O–H groups in total. The topological polar surface area (TPSA) is 117 Å².